The highest BCUT2D eigenvalue weighted by atomic mass is 79.9. The van der Waals surface area contributed by atoms with Crippen LogP contribution in [-0.2, 0) is 13.0 Å². The molecule has 2 rings (SSSR count). The Bertz CT molecular complexity index is 580. The molecule has 1 unspecified atom stereocenters. The van der Waals surface area contributed by atoms with Crippen LogP contribution < -0.4 is 10.5 Å². The van der Waals surface area contributed by atoms with E-state index in [2.05, 4.69) is 66.2 Å². The van der Waals surface area contributed by atoms with Gasteiger partial charge in [0.2, 0.25) is 0 Å². The number of hydrogen-bond donors (Lipinski definition) is 1. The second-order valence-electron chi connectivity index (χ2n) is 5.41. The van der Waals surface area contributed by atoms with E-state index in [-0.39, 0.29) is 6.04 Å². The van der Waals surface area contributed by atoms with Crippen LogP contribution in [0.2, 0.25) is 0 Å². The van der Waals surface area contributed by atoms with Gasteiger partial charge in [0.05, 0.1) is 4.47 Å². The van der Waals surface area contributed by atoms with E-state index in [1.165, 1.54) is 16.7 Å². The van der Waals surface area contributed by atoms with Crippen molar-refractivity contribution in [1.29, 1.82) is 0 Å². The lowest BCUT2D eigenvalue weighted by molar-refractivity contribution is 0.304. The molecule has 2 nitrogen and oxygen atoms in total. The van der Waals surface area contributed by atoms with Crippen LogP contribution >= 0.6 is 15.9 Å². The predicted octanol–water partition coefficient (Wildman–Crippen LogP) is 4.62. The third-order valence-electron chi connectivity index (χ3n) is 3.53. The van der Waals surface area contributed by atoms with Crippen molar-refractivity contribution in [2.45, 2.75) is 39.3 Å². The molecule has 0 aliphatic rings. The fourth-order valence-corrected chi connectivity index (χ4v) is 2.62. The number of aryl methyl sites for hydroxylation is 1. The van der Waals surface area contributed by atoms with Gasteiger partial charge in [-0.2, -0.15) is 0 Å². The zero-order valence-electron chi connectivity index (χ0n) is 12.6. The predicted molar refractivity (Wildman–Crippen MR) is 91.6 cm³/mol. The molecule has 0 spiro atoms. The number of benzene rings is 2. The summed E-state index contributed by atoms with van der Waals surface area (Å²) >= 11 is 3.58. The lowest BCUT2D eigenvalue weighted by Crippen LogP contribution is -2.21. The van der Waals surface area contributed by atoms with Gasteiger partial charge >= 0.3 is 0 Å². The number of nitrogens with two attached hydrogens (primary N) is 1. The lowest BCUT2D eigenvalue weighted by atomic mass is 10.0. The van der Waals surface area contributed by atoms with Crippen molar-refractivity contribution < 1.29 is 4.74 Å². The summed E-state index contributed by atoms with van der Waals surface area (Å²) < 4.78 is 6.85. The van der Waals surface area contributed by atoms with E-state index in [1.807, 2.05) is 6.07 Å². The van der Waals surface area contributed by atoms with E-state index < -0.39 is 0 Å². The SMILES string of the molecule is CCC(N)Cc1ccc(OCc2ccc(C)cc2)c(Br)c1. The van der Waals surface area contributed by atoms with Crippen LogP contribution in [0.15, 0.2) is 46.9 Å². The summed E-state index contributed by atoms with van der Waals surface area (Å²) in [5, 5.41) is 0. The molecular weight excluding hydrogens is 326 g/mol. The normalized spacial score (nSPS) is 12.2. The fourth-order valence-electron chi connectivity index (χ4n) is 2.08. The van der Waals surface area contributed by atoms with Gasteiger partial charge in [-0.25, -0.2) is 0 Å². The van der Waals surface area contributed by atoms with E-state index in [0.717, 1.165) is 23.1 Å². The van der Waals surface area contributed by atoms with E-state index >= 15 is 0 Å². The second kappa shape index (κ2) is 7.62. The highest BCUT2D eigenvalue weighted by molar-refractivity contribution is 9.10. The molecule has 0 aromatic heterocycles. The molecule has 1 atom stereocenters. The summed E-state index contributed by atoms with van der Waals surface area (Å²) in [5.74, 6) is 0.865. The minimum Gasteiger partial charge on any atom is -0.488 e. The Kier molecular flexibility index (Phi) is 5.83. The van der Waals surface area contributed by atoms with Crippen LogP contribution in [0.25, 0.3) is 0 Å². The van der Waals surface area contributed by atoms with Gasteiger partial charge in [-0.3, -0.25) is 0 Å². The molecule has 0 aliphatic heterocycles. The fraction of sp³-hybridized carbons (Fsp3) is 0.333. The van der Waals surface area contributed by atoms with Gasteiger partial charge in [-0.05, 0) is 59.0 Å². The van der Waals surface area contributed by atoms with Crippen LogP contribution in [-0.4, -0.2) is 6.04 Å². The highest BCUT2D eigenvalue weighted by Crippen LogP contribution is 2.27. The first kappa shape index (κ1) is 16.1. The Morgan fingerprint density at radius 2 is 1.76 bits per heavy atom. The van der Waals surface area contributed by atoms with E-state index in [0.29, 0.717) is 6.61 Å². The van der Waals surface area contributed by atoms with Crippen LogP contribution in [0.4, 0.5) is 0 Å². The minimum atomic E-state index is 0.219. The van der Waals surface area contributed by atoms with Crippen molar-refractivity contribution in [1.82, 2.24) is 0 Å². The molecule has 0 amide bonds. The minimum absolute atomic E-state index is 0.219. The summed E-state index contributed by atoms with van der Waals surface area (Å²) in [4.78, 5) is 0. The Balaban J connectivity index is 1.99. The van der Waals surface area contributed by atoms with Crippen LogP contribution in [0, 0.1) is 6.92 Å². The topological polar surface area (TPSA) is 35.2 Å². The molecule has 0 bridgehead atoms. The standard InChI is InChI=1S/C18H22BrNO/c1-3-16(20)10-15-8-9-18(17(19)11-15)21-12-14-6-4-13(2)5-7-14/h4-9,11,16H,3,10,12,20H2,1-2H3. The highest BCUT2D eigenvalue weighted by Gasteiger charge is 2.06. The third-order valence-corrected chi connectivity index (χ3v) is 4.15. The van der Waals surface area contributed by atoms with Crippen molar-refractivity contribution in [2.24, 2.45) is 5.73 Å². The summed E-state index contributed by atoms with van der Waals surface area (Å²) in [6.45, 7) is 4.77. The maximum absolute atomic E-state index is 5.99. The van der Waals surface area contributed by atoms with Crippen molar-refractivity contribution in [3.8, 4) is 5.75 Å². The molecule has 2 N–H and O–H groups in total. The molecule has 0 saturated carbocycles. The van der Waals surface area contributed by atoms with Gasteiger partial charge in [0.1, 0.15) is 12.4 Å². The maximum atomic E-state index is 5.99. The molecule has 2 aromatic rings. The average molecular weight is 348 g/mol. The molecule has 112 valence electrons. The van der Waals surface area contributed by atoms with Gasteiger partial charge in [-0.1, -0.05) is 42.8 Å². The summed E-state index contributed by atoms with van der Waals surface area (Å²) in [6.07, 6.45) is 1.89. The van der Waals surface area contributed by atoms with Gasteiger partial charge in [0.25, 0.3) is 0 Å². The first-order valence-corrected chi connectivity index (χ1v) is 8.10. The molecular formula is C18H22BrNO. The molecule has 0 aliphatic carbocycles. The van der Waals surface area contributed by atoms with Crippen molar-refractivity contribution in [3.63, 3.8) is 0 Å². The molecule has 0 radical (unpaired) electrons. The molecule has 0 fully saturated rings. The van der Waals surface area contributed by atoms with Crippen LogP contribution in [0.5, 0.6) is 5.75 Å². The Morgan fingerprint density at radius 1 is 1.10 bits per heavy atom. The molecule has 21 heavy (non-hydrogen) atoms. The number of ether oxygens (including phenoxy) is 1. The van der Waals surface area contributed by atoms with Crippen LogP contribution in [0.1, 0.15) is 30.0 Å². The number of hydrogen-bond acceptors (Lipinski definition) is 2. The van der Waals surface area contributed by atoms with Crippen molar-refractivity contribution in [2.75, 3.05) is 0 Å². The Labute approximate surface area is 135 Å². The van der Waals surface area contributed by atoms with E-state index in [4.69, 9.17) is 10.5 Å². The van der Waals surface area contributed by atoms with Crippen molar-refractivity contribution in [3.05, 3.63) is 63.6 Å². The molecule has 3 heteroatoms. The van der Waals surface area contributed by atoms with Gasteiger partial charge in [0.15, 0.2) is 0 Å². The molecule has 0 saturated heterocycles. The zero-order valence-corrected chi connectivity index (χ0v) is 14.2. The van der Waals surface area contributed by atoms with E-state index in [9.17, 15) is 0 Å². The Morgan fingerprint density at radius 3 is 2.38 bits per heavy atom. The maximum Gasteiger partial charge on any atom is 0.134 e. The summed E-state index contributed by atoms with van der Waals surface area (Å²) in [6, 6.07) is 14.8. The quantitative estimate of drug-likeness (QED) is 0.827. The smallest absolute Gasteiger partial charge is 0.134 e. The Hall–Kier alpha value is -1.32. The first-order chi connectivity index (χ1) is 10.1. The third kappa shape index (κ3) is 4.87. The van der Waals surface area contributed by atoms with E-state index in [1.54, 1.807) is 0 Å². The average Bonchev–Trinajstić information content (AvgIpc) is 2.48. The van der Waals surface area contributed by atoms with Gasteiger partial charge < -0.3 is 10.5 Å². The largest absolute Gasteiger partial charge is 0.488 e. The van der Waals surface area contributed by atoms with Gasteiger partial charge in [-0.15, -0.1) is 0 Å². The number of halogens is 1. The molecule has 2 aromatic carbocycles. The van der Waals surface area contributed by atoms with Gasteiger partial charge in [0, 0.05) is 6.04 Å². The summed E-state index contributed by atoms with van der Waals surface area (Å²) in [7, 11) is 0. The first-order valence-electron chi connectivity index (χ1n) is 7.31. The monoisotopic (exact) mass is 347 g/mol. The molecule has 0 heterocycles. The van der Waals surface area contributed by atoms with Crippen molar-refractivity contribution >= 4 is 15.9 Å². The van der Waals surface area contributed by atoms with Crippen LogP contribution in [0.3, 0.4) is 0 Å². The summed E-state index contributed by atoms with van der Waals surface area (Å²) in [5.41, 5.74) is 9.66. The zero-order chi connectivity index (χ0) is 15.2. The number of rotatable bonds is 6. The lowest BCUT2D eigenvalue weighted by Gasteiger charge is -2.12. The second-order valence-corrected chi connectivity index (χ2v) is 6.27.